The molecule has 4 nitrogen and oxygen atoms in total. The van der Waals surface area contributed by atoms with Crippen LogP contribution < -0.4 is 5.73 Å². The van der Waals surface area contributed by atoms with Crippen molar-refractivity contribution in [3.05, 3.63) is 27.7 Å². The van der Waals surface area contributed by atoms with E-state index in [9.17, 15) is 4.79 Å². The van der Waals surface area contributed by atoms with Gasteiger partial charge in [-0.15, -0.1) is 11.6 Å². The van der Waals surface area contributed by atoms with Crippen LogP contribution in [0.3, 0.4) is 0 Å². The molecule has 0 aliphatic heterocycles. The standard InChI is InChI=1S/C26H42BrClN2O2/c1-2-30(23-14-10-9-11-15-23)20-22-18-21(19-24(27)25(22)29)26(31)32-17-13-8-6-4-3-5-7-12-16-28/h18-19,23H,2-17,20,29H2,1H3. The highest BCUT2D eigenvalue weighted by Crippen LogP contribution is 2.30. The number of carbonyl (C=O) groups is 1. The van der Waals surface area contributed by atoms with E-state index < -0.39 is 0 Å². The van der Waals surface area contributed by atoms with Crippen molar-refractivity contribution in [2.45, 2.75) is 103 Å². The van der Waals surface area contributed by atoms with E-state index in [1.807, 2.05) is 6.07 Å². The van der Waals surface area contributed by atoms with Crippen molar-refractivity contribution < 1.29 is 9.53 Å². The van der Waals surface area contributed by atoms with E-state index >= 15 is 0 Å². The highest BCUT2D eigenvalue weighted by atomic mass is 79.9. The number of nitrogens with two attached hydrogens (primary N) is 1. The minimum absolute atomic E-state index is 0.256. The first-order valence-corrected chi connectivity index (χ1v) is 13.9. The van der Waals surface area contributed by atoms with E-state index in [2.05, 4.69) is 27.8 Å². The monoisotopic (exact) mass is 528 g/mol. The molecule has 1 saturated carbocycles. The molecule has 1 aromatic rings. The van der Waals surface area contributed by atoms with Crippen molar-refractivity contribution in [3.63, 3.8) is 0 Å². The molecule has 0 radical (unpaired) electrons. The largest absolute Gasteiger partial charge is 0.462 e. The zero-order valence-corrected chi connectivity index (χ0v) is 22.2. The Hall–Kier alpha value is -0.780. The maximum atomic E-state index is 12.6. The minimum Gasteiger partial charge on any atom is -0.462 e. The van der Waals surface area contributed by atoms with Crippen molar-refractivity contribution in [2.24, 2.45) is 0 Å². The van der Waals surface area contributed by atoms with E-state index in [0.717, 1.165) is 54.0 Å². The lowest BCUT2D eigenvalue weighted by Crippen LogP contribution is -2.36. The normalized spacial score (nSPS) is 14.8. The lowest BCUT2D eigenvalue weighted by Gasteiger charge is -2.34. The molecular weight excluding hydrogens is 488 g/mol. The third kappa shape index (κ3) is 9.61. The van der Waals surface area contributed by atoms with Crippen LogP contribution in [0.5, 0.6) is 0 Å². The van der Waals surface area contributed by atoms with Gasteiger partial charge < -0.3 is 10.5 Å². The number of ether oxygens (including phenoxy) is 1. The SMILES string of the molecule is CCN(Cc1cc(C(=O)OCCCCCCCCCCCl)cc(Br)c1N)C1CCCCC1. The second kappa shape index (κ2) is 16.0. The fourth-order valence-electron chi connectivity index (χ4n) is 4.59. The summed E-state index contributed by atoms with van der Waals surface area (Å²) in [5, 5.41) is 0. The summed E-state index contributed by atoms with van der Waals surface area (Å²) in [6.45, 7) is 4.45. The molecule has 0 unspecified atom stereocenters. The molecule has 2 N–H and O–H groups in total. The van der Waals surface area contributed by atoms with Gasteiger partial charge in [-0.25, -0.2) is 4.79 Å². The number of halogens is 2. The number of alkyl halides is 1. The molecule has 1 aromatic carbocycles. The number of anilines is 1. The van der Waals surface area contributed by atoms with Crippen LogP contribution in [0.15, 0.2) is 16.6 Å². The second-order valence-corrected chi connectivity index (χ2v) is 10.3. The van der Waals surface area contributed by atoms with E-state index in [-0.39, 0.29) is 5.97 Å². The first kappa shape index (κ1) is 27.5. The molecule has 0 spiro atoms. The molecule has 182 valence electrons. The summed E-state index contributed by atoms with van der Waals surface area (Å²) < 4.78 is 6.33. The summed E-state index contributed by atoms with van der Waals surface area (Å²) >= 11 is 9.25. The molecule has 2 rings (SSSR count). The van der Waals surface area contributed by atoms with Crippen LogP contribution in [0.2, 0.25) is 0 Å². The fraction of sp³-hybridized carbons (Fsp3) is 0.731. The van der Waals surface area contributed by atoms with Crippen LogP contribution in [0.25, 0.3) is 0 Å². The number of nitrogen functional groups attached to an aromatic ring is 1. The summed E-state index contributed by atoms with van der Waals surface area (Å²) in [6.07, 6.45) is 15.8. The highest BCUT2D eigenvalue weighted by Gasteiger charge is 2.22. The van der Waals surface area contributed by atoms with Crippen molar-refractivity contribution in [1.29, 1.82) is 0 Å². The first-order valence-electron chi connectivity index (χ1n) is 12.6. The average Bonchev–Trinajstić information content (AvgIpc) is 2.81. The topological polar surface area (TPSA) is 55.6 Å². The molecule has 1 aliphatic rings. The number of esters is 1. The maximum absolute atomic E-state index is 12.6. The molecule has 32 heavy (non-hydrogen) atoms. The Balaban J connectivity index is 1.79. The average molecular weight is 530 g/mol. The molecule has 0 aromatic heterocycles. The quantitative estimate of drug-likeness (QED) is 0.109. The van der Waals surface area contributed by atoms with Gasteiger partial charge in [0.15, 0.2) is 0 Å². The van der Waals surface area contributed by atoms with Crippen LogP contribution in [0.1, 0.15) is 106 Å². The van der Waals surface area contributed by atoms with E-state index in [0.29, 0.717) is 18.2 Å². The second-order valence-electron chi connectivity index (χ2n) is 9.04. The number of rotatable bonds is 15. The van der Waals surface area contributed by atoms with Gasteiger partial charge in [0.1, 0.15) is 0 Å². The summed E-state index contributed by atoms with van der Waals surface area (Å²) in [5.74, 6) is 0.517. The van der Waals surface area contributed by atoms with Crippen molar-refractivity contribution in [3.8, 4) is 0 Å². The molecule has 0 amide bonds. The predicted molar refractivity (Wildman–Crippen MR) is 139 cm³/mol. The molecule has 1 fully saturated rings. The van der Waals surface area contributed by atoms with E-state index in [1.165, 1.54) is 64.2 Å². The molecule has 1 aliphatic carbocycles. The predicted octanol–water partition coefficient (Wildman–Crippen LogP) is 7.70. The Kier molecular flexibility index (Phi) is 13.7. The van der Waals surface area contributed by atoms with Crippen LogP contribution >= 0.6 is 27.5 Å². The van der Waals surface area contributed by atoms with Crippen LogP contribution in [-0.2, 0) is 11.3 Å². The van der Waals surface area contributed by atoms with E-state index in [1.54, 1.807) is 6.07 Å². The number of hydrogen-bond donors (Lipinski definition) is 1. The van der Waals surface area contributed by atoms with Crippen molar-refractivity contribution in [2.75, 3.05) is 24.8 Å². The summed E-state index contributed by atoms with van der Waals surface area (Å²) in [6, 6.07) is 4.33. The van der Waals surface area contributed by atoms with Gasteiger partial charge in [-0.2, -0.15) is 0 Å². The maximum Gasteiger partial charge on any atom is 0.338 e. The molecule has 0 atom stereocenters. The van der Waals surface area contributed by atoms with Crippen molar-refractivity contribution >= 4 is 39.2 Å². The van der Waals surface area contributed by atoms with Crippen LogP contribution in [0.4, 0.5) is 5.69 Å². The van der Waals surface area contributed by atoms with Gasteiger partial charge in [-0.1, -0.05) is 64.7 Å². The van der Waals surface area contributed by atoms with Gasteiger partial charge in [0.25, 0.3) is 0 Å². The van der Waals surface area contributed by atoms with Crippen LogP contribution in [0, 0.1) is 0 Å². The Morgan fingerprint density at radius 3 is 2.31 bits per heavy atom. The fourth-order valence-corrected chi connectivity index (χ4v) is 5.28. The van der Waals surface area contributed by atoms with Gasteiger partial charge in [0, 0.05) is 22.9 Å². The lowest BCUT2D eigenvalue weighted by molar-refractivity contribution is 0.0497. The number of benzene rings is 1. The third-order valence-corrected chi connectivity index (χ3v) is 7.51. The molecular formula is C26H42BrClN2O2. The number of unbranched alkanes of at least 4 members (excludes halogenated alkanes) is 7. The number of hydrogen-bond acceptors (Lipinski definition) is 4. The van der Waals surface area contributed by atoms with Gasteiger partial charge in [-0.05, 0) is 65.9 Å². The van der Waals surface area contributed by atoms with Gasteiger partial charge in [0.05, 0.1) is 17.9 Å². The van der Waals surface area contributed by atoms with Gasteiger partial charge in [0.2, 0.25) is 0 Å². The van der Waals surface area contributed by atoms with Crippen LogP contribution in [-0.4, -0.2) is 35.9 Å². The molecule has 0 saturated heterocycles. The summed E-state index contributed by atoms with van der Waals surface area (Å²) in [7, 11) is 0. The summed E-state index contributed by atoms with van der Waals surface area (Å²) in [4.78, 5) is 15.1. The lowest BCUT2D eigenvalue weighted by atomic mass is 9.93. The zero-order chi connectivity index (χ0) is 23.2. The number of carbonyl (C=O) groups excluding carboxylic acids is 1. The molecule has 0 bridgehead atoms. The molecule has 0 heterocycles. The zero-order valence-electron chi connectivity index (χ0n) is 19.8. The van der Waals surface area contributed by atoms with E-state index in [4.69, 9.17) is 22.1 Å². The Morgan fingerprint density at radius 2 is 1.69 bits per heavy atom. The van der Waals surface area contributed by atoms with Crippen molar-refractivity contribution in [1.82, 2.24) is 4.90 Å². The Labute approximate surface area is 208 Å². The number of nitrogens with zero attached hydrogens (tertiary/aromatic N) is 1. The van der Waals surface area contributed by atoms with Gasteiger partial charge in [-0.3, -0.25) is 4.90 Å². The first-order chi connectivity index (χ1) is 15.6. The minimum atomic E-state index is -0.256. The smallest absolute Gasteiger partial charge is 0.338 e. The highest BCUT2D eigenvalue weighted by molar-refractivity contribution is 9.10. The Bertz CT molecular complexity index is 680. The Morgan fingerprint density at radius 1 is 1.06 bits per heavy atom. The molecule has 6 heteroatoms. The third-order valence-electron chi connectivity index (χ3n) is 6.58. The van der Waals surface area contributed by atoms with Gasteiger partial charge >= 0.3 is 5.97 Å². The summed E-state index contributed by atoms with van der Waals surface area (Å²) in [5.41, 5.74) is 8.67.